The van der Waals surface area contributed by atoms with Crippen LogP contribution in [0.1, 0.15) is 37.9 Å². The van der Waals surface area contributed by atoms with Gasteiger partial charge in [-0.3, -0.25) is 4.79 Å². The first kappa shape index (κ1) is 12.8. The van der Waals surface area contributed by atoms with Crippen LogP contribution in [0.5, 0.6) is 0 Å². The van der Waals surface area contributed by atoms with Crippen molar-refractivity contribution < 1.29 is 9.90 Å². The Morgan fingerprint density at radius 2 is 2.17 bits per heavy atom. The highest BCUT2D eigenvalue weighted by atomic mass is 16.4. The highest BCUT2D eigenvalue weighted by Gasteiger charge is 2.29. The molecule has 2 atom stereocenters. The van der Waals surface area contributed by atoms with Crippen molar-refractivity contribution in [2.75, 3.05) is 5.32 Å². The molecule has 2 rings (SSSR count). The molecule has 1 saturated carbocycles. The van der Waals surface area contributed by atoms with E-state index in [0.29, 0.717) is 5.82 Å². The second-order valence-corrected chi connectivity index (χ2v) is 4.82. The Bertz CT molecular complexity index is 422. The maximum atomic E-state index is 11.3. The lowest BCUT2D eigenvalue weighted by Crippen LogP contribution is -2.34. The van der Waals surface area contributed by atoms with E-state index in [-0.39, 0.29) is 12.0 Å². The highest BCUT2D eigenvalue weighted by Crippen LogP contribution is 2.26. The number of aryl methyl sites for hydroxylation is 1. The number of aliphatic carboxylic acids is 1. The Balaban J connectivity index is 2.11. The van der Waals surface area contributed by atoms with E-state index in [2.05, 4.69) is 15.3 Å². The summed E-state index contributed by atoms with van der Waals surface area (Å²) in [6.45, 7) is 1.83. The molecule has 0 spiro atoms. The van der Waals surface area contributed by atoms with Crippen molar-refractivity contribution in [2.45, 2.75) is 45.1 Å². The van der Waals surface area contributed by atoms with Gasteiger partial charge in [0.1, 0.15) is 11.6 Å². The quantitative estimate of drug-likeness (QED) is 0.803. The fourth-order valence-corrected chi connectivity index (χ4v) is 2.50. The zero-order valence-electron chi connectivity index (χ0n) is 10.6. The number of rotatable bonds is 3. The predicted octanol–water partition coefficient (Wildman–Crippen LogP) is 2.23. The number of carbonyl (C=O) groups is 1. The molecule has 0 aliphatic heterocycles. The summed E-state index contributed by atoms with van der Waals surface area (Å²) < 4.78 is 0. The van der Waals surface area contributed by atoms with Crippen LogP contribution in [0.15, 0.2) is 12.3 Å². The average molecular weight is 249 g/mol. The monoisotopic (exact) mass is 249 g/mol. The zero-order valence-corrected chi connectivity index (χ0v) is 10.6. The smallest absolute Gasteiger partial charge is 0.308 e. The molecule has 1 aliphatic carbocycles. The van der Waals surface area contributed by atoms with E-state index in [1.54, 1.807) is 12.3 Å². The van der Waals surface area contributed by atoms with Crippen molar-refractivity contribution >= 4 is 11.8 Å². The maximum Gasteiger partial charge on any atom is 0.308 e. The Labute approximate surface area is 107 Å². The molecule has 2 unspecified atom stereocenters. The number of aromatic nitrogens is 2. The Morgan fingerprint density at radius 3 is 2.89 bits per heavy atom. The van der Waals surface area contributed by atoms with Crippen molar-refractivity contribution in [3.05, 3.63) is 18.1 Å². The minimum atomic E-state index is -0.708. The third-order valence-corrected chi connectivity index (χ3v) is 3.44. The second kappa shape index (κ2) is 5.80. The van der Waals surface area contributed by atoms with E-state index in [9.17, 15) is 9.90 Å². The van der Waals surface area contributed by atoms with Gasteiger partial charge < -0.3 is 10.4 Å². The minimum Gasteiger partial charge on any atom is -0.481 e. The molecule has 0 aromatic carbocycles. The number of carboxylic acids is 1. The molecule has 0 radical (unpaired) electrons. The van der Waals surface area contributed by atoms with Crippen molar-refractivity contribution in [3.8, 4) is 0 Å². The van der Waals surface area contributed by atoms with E-state index in [4.69, 9.17) is 0 Å². The Kier molecular flexibility index (Phi) is 4.12. The van der Waals surface area contributed by atoms with Crippen LogP contribution in [0.3, 0.4) is 0 Å². The molecule has 98 valence electrons. The lowest BCUT2D eigenvalue weighted by Gasteiger charge is -2.23. The van der Waals surface area contributed by atoms with E-state index >= 15 is 0 Å². The summed E-state index contributed by atoms with van der Waals surface area (Å²) in [5, 5.41) is 12.6. The van der Waals surface area contributed by atoms with Crippen molar-refractivity contribution in [1.82, 2.24) is 9.97 Å². The third-order valence-electron chi connectivity index (χ3n) is 3.44. The van der Waals surface area contributed by atoms with Crippen LogP contribution in [-0.4, -0.2) is 27.1 Å². The summed E-state index contributed by atoms with van der Waals surface area (Å²) in [6, 6.07) is 1.76. The number of hydrogen-bond acceptors (Lipinski definition) is 4. The lowest BCUT2D eigenvalue weighted by molar-refractivity contribution is -0.142. The molecule has 2 N–H and O–H groups in total. The summed E-state index contributed by atoms with van der Waals surface area (Å²) in [5.41, 5.74) is 0. The summed E-state index contributed by atoms with van der Waals surface area (Å²) in [6.07, 6.45) is 6.52. The van der Waals surface area contributed by atoms with Gasteiger partial charge in [-0.05, 0) is 25.8 Å². The van der Waals surface area contributed by atoms with Gasteiger partial charge in [0, 0.05) is 12.2 Å². The summed E-state index contributed by atoms with van der Waals surface area (Å²) >= 11 is 0. The molecule has 0 amide bonds. The predicted molar refractivity (Wildman–Crippen MR) is 68.4 cm³/mol. The lowest BCUT2D eigenvalue weighted by atomic mass is 9.95. The van der Waals surface area contributed by atoms with Gasteiger partial charge in [0.2, 0.25) is 0 Å². The van der Waals surface area contributed by atoms with Gasteiger partial charge in [-0.1, -0.05) is 19.3 Å². The standard InChI is InChI=1S/C13H19N3O2/c1-9-14-8-7-12(15-9)16-11-6-4-2-3-5-10(11)13(17)18/h7-8,10-11H,2-6H2,1H3,(H,17,18)(H,14,15,16). The minimum absolute atomic E-state index is 0.0284. The van der Waals surface area contributed by atoms with Crippen LogP contribution in [0.4, 0.5) is 5.82 Å². The molecular formula is C13H19N3O2. The van der Waals surface area contributed by atoms with Crippen molar-refractivity contribution in [1.29, 1.82) is 0 Å². The highest BCUT2D eigenvalue weighted by molar-refractivity contribution is 5.71. The largest absolute Gasteiger partial charge is 0.481 e. The van der Waals surface area contributed by atoms with Gasteiger partial charge in [0.15, 0.2) is 0 Å². The summed E-state index contributed by atoms with van der Waals surface area (Å²) in [5.74, 6) is 0.393. The first-order chi connectivity index (χ1) is 8.66. The number of nitrogens with one attached hydrogen (secondary N) is 1. The molecule has 1 fully saturated rings. The first-order valence-electron chi connectivity index (χ1n) is 6.46. The number of nitrogens with zero attached hydrogens (tertiary/aromatic N) is 2. The molecule has 1 aliphatic rings. The molecule has 5 nitrogen and oxygen atoms in total. The van der Waals surface area contributed by atoms with E-state index < -0.39 is 5.97 Å². The zero-order chi connectivity index (χ0) is 13.0. The van der Waals surface area contributed by atoms with Crippen molar-refractivity contribution in [3.63, 3.8) is 0 Å². The normalized spacial score (nSPS) is 24.3. The third kappa shape index (κ3) is 3.18. The summed E-state index contributed by atoms with van der Waals surface area (Å²) in [4.78, 5) is 19.6. The van der Waals surface area contributed by atoms with Gasteiger partial charge in [0.05, 0.1) is 5.92 Å². The molecule has 1 heterocycles. The fourth-order valence-electron chi connectivity index (χ4n) is 2.50. The van der Waals surface area contributed by atoms with Gasteiger partial charge in [0.25, 0.3) is 0 Å². The van der Waals surface area contributed by atoms with Crippen LogP contribution in [0, 0.1) is 12.8 Å². The van der Waals surface area contributed by atoms with Gasteiger partial charge in [-0.25, -0.2) is 9.97 Å². The molecule has 5 heteroatoms. The average Bonchev–Trinajstić information content (AvgIpc) is 2.54. The molecule has 0 saturated heterocycles. The Hall–Kier alpha value is -1.65. The van der Waals surface area contributed by atoms with Crippen LogP contribution in [0.25, 0.3) is 0 Å². The van der Waals surface area contributed by atoms with Crippen LogP contribution < -0.4 is 5.32 Å². The molecule has 1 aromatic heterocycles. The fraction of sp³-hybridized carbons (Fsp3) is 0.615. The van der Waals surface area contributed by atoms with Crippen molar-refractivity contribution in [2.24, 2.45) is 5.92 Å². The Morgan fingerprint density at radius 1 is 1.39 bits per heavy atom. The first-order valence-corrected chi connectivity index (χ1v) is 6.46. The topological polar surface area (TPSA) is 75.1 Å². The maximum absolute atomic E-state index is 11.3. The summed E-state index contributed by atoms with van der Waals surface area (Å²) in [7, 11) is 0. The molecule has 0 bridgehead atoms. The van der Waals surface area contributed by atoms with Gasteiger partial charge >= 0.3 is 5.97 Å². The number of hydrogen-bond donors (Lipinski definition) is 2. The van der Waals surface area contributed by atoms with Gasteiger partial charge in [-0.2, -0.15) is 0 Å². The molecule has 1 aromatic rings. The van der Waals surface area contributed by atoms with E-state index in [1.807, 2.05) is 6.92 Å². The second-order valence-electron chi connectivity index (χ2n) is 4.82. The SMILES string of the molecule is Cc1nccc(NC2CCCCCC2C(=O)O)n1. The molecule has 18 heavy (non-hydrogen) atoms. The van der Waals surface area contributed by atoms with E-state index in [1.165, 1.54) is 0 Å². The van der Waals surface area contributed by atoms with Gasteiger partial charge in [-0.15, -0.1) is 0 Å². The van der Waals surface area contributed by atoms with Crippen LogP contribution in [-0.2, 0) is 4.79 Å². The number of carboxylic acid groups (broad SMARTS) is 1. The number of anilines is 1. The molecular weight excluding hydrogens is 230 g/mol. The van der Waals surface area contributed by atoms with E-state index in [0.717, 1.165) is 37.9 Å². The van der Waals surface area contributed by atoms with Crippen LogP contribution >= 0.6 is 0 Å². The van der Waals surface area contributed by atoms with Crippen LogP contribution in [0.2, 0.25) is 0 Å².